The van der Waals surface area contributed by atoms with E-state index >= 15 is 0 Å². The molecule has 0 aromatic heterocycles. The average molecular weight is 274 g/mol. The zero-order chi connectivity index (χ0) is 14.7. The number of hydrogen-bond donors (Lipinski definition) is 1. The molecule has 0 spiro atoms. The van der Waals surface area contributed by atoms with Gasteiger partial charge in [-0.15, -0.1) is 0 Å². The molecule has 2 rings (SSSR count). The minimum absolute atomic E-state index is 0.538. The number of rotatable bonds is 7. The van der Waals surface area contributed by atoms with Crippen LogP contribution in [0, 0.1) is 12.8 Å². The van der Waals surface area contributed by atoms with E-state index in [-0.39, 0.29) is 0 Å². The van der Waals surface area contributed by atoms with E-state index in [2.05, 4.69) is 63.0 Å². The lowest BCUT2D eigenvalue weighted by Gasteiger charge is -2.30. The summed E-state index contributed by atoms with van der Waals surface area (Å²) in [4.78, 5) is 2.56. The van der Waals surface area contributed by atoms with E-state index in [0.29, 0.717) is 12.1 Å². The molecule has 2 heteroatoms. The maximum absolute atomic E-state index is 3.50. The molecule has 0 atom stereocenters. The van der Waals surface area contributed by atoms with Gasteiger partial charge in [0.05, 0.1) is 0 Å². The molecule has 1 aliphatic rings. The summed E-state index contributed by atoms with van der Waals surface area (Å²) >= 11 is 0. The number of hydrogen-bond acceptors (Lipinski definition) is 2. The number of aryl methyl sites for hydroxylation is 1. The van der Waals surface area contributed by atoms with Gasteiger partial charge in [0.1, 0.15) is 0 Å². The maximum atomic E-state index is 3.50. The molecule has 20 heavy (non-hydrogen) atoms. The van der Waals surface area contributed by atoms with Crippen LogP contribution < -0.4 is 10.2 Å². The Morgan fingerprint density at radius 2 is 1.90 bits per heavy atom. The molecule has 1 fully saturated rings. The molecule has 0 saturated heterocycles. The van der Waals surface area contributed by atoms with Gasteiger partial charge in [-0.1, -0.05) is 19.9 Å². The van der Waals surface area contributed by atoms with Crippen molar-refractivity contribution in [2.24, 2.45) is 5.92 Å². The third kappa shape index (κ3) is 4.24. The van der Waals surface area contributed by atoms with Crippen LogP contribution in [0.15, 0.2) is 18.2 Å². The Labute approximate surface area is 124 Å². The van der Waals surface area contributed by atoms with Crippen LogP contribution in [0.25, 0.3) is 0 Å². The Hall–Kier alpha value is -1.02. The van der Waals surface area contributed by atoms with Crippen LogP contribution in [-0.4, -0.2) is 18.6 Å². The smallest absolute Gasteiger partial charge is 0.0371 e. The summed E-state index contributed by atoms with van der Waals surface area (Å²) in [6, 6.07) is 8.07. The molecule has 1 aromatic rings. The molecule has 2 nitrogen and oxygen atoms in total. The maximum Gasteiger partial charge on any atom is 0.0371 e. The van der Waals surface area contributed by atoms with Crippen molar-refractivity contribution in [3.8, 4) is 0 Å². The minimum atomic E-state index is 0.538. The van der Waals surface area contributed by atoms with Crippen molar-refractivity contribution < 1.29 is 0 Å². The average Bonchev–Trinajstić information content (AvgIpc) is 3.17. The Balaban J connectivity index is 2.09. The van der Waals surface area contributed by atoms with Gasteiger partial charge < -0.3 is 10.2 Å². The van der Waals surface area contributed by atoms with Crippen LogP contribution in [0.4, 0.5) is 5.69 Å². The molecule has 1 aromatic carbocycles. The molecular formula is C18H30N2. The molecule has 0 unspecified atom stereocenters. The highest BCUT2D eigenvalue weighted by Gasteiger charge is 2.25. The summed E-state index contributed by atoms with van der Waals surface area (Å²) in [5.74, 6) is 0.931. The van der Waals surface area contributed by atoms with Gasteiger partial charge in [0.25, 0.3) is 0 Å². The second-order valence-corrected chi connectivity index (χ2v) is 6.84. The molecule has 1 saturated carbocycles. The van der Waals surface area contributed by atoms with Gasteiger partial charge in [0, 0.05) is 30.9 Å². The van der Waals surface area contributed by atoms with Crippen LogP contribution in [0.2, 0.25) is 0 Å². The lowest BCUT2D eigenvalue weighted by Crippen LogP contribution is -2.32. The number of nitrogens with one attached hydrogen (secondary N) is 1. The Morgan fingerprint density at radius 3 is 2.40 bits per heavy atom. The Kier molecular flexibility index (Phi) is 5.09. The Morgan fingerprint density at radius 1 is 1.20 bits per heavy atom. The van der Waals surface area contributed by atoms with Crippen molar-refractivity contribution in [1.29, 1.82) is 0 Å². The molecule has 0 bridgehead atoms. The summed E-state index contributed by atoms with van der Waals surface area (Å²) in [5, 5.41) is 3.50. The van der Waals surface area contributed by atoms with E-state index < -0.39 is 0 Å². The van der Waals surface area contributed by atoms with Gasteiger partial charge in [0.2, 0.25) is 0 Å². The van der Waals surface area contributed by atoms with Gasteiger partial charge in [-0.25, -0.2) is 0 Å². The van der Waals surface area contributed by atoms with Crippen molar-refractivity contribution in [2.75, 3.05) is 11.4 Å². The van der Waals surface area contributed by atoms with E-state index in [1.807, 2.05) is 0 Å². The number of benzene rings is 1. The first kappa shape index (κ1) is 15.4. The lowest BCUT2D eigenvalue weighted by molar-refractivity contribution is 0.587. The fraction of sp³-hybridized carbons (Fsp3) is 0.667. The standard InChI is InChI=1S/C18H30N2/c1-13(2)19-11-17-8-9-18(10-15(17)5)20(14(3)4)12-16-6-7-16/h8-10,13-14,16,19H,6-7,11-12H2,1-5H3. The van der Waals surface area contributed by atoms with Crippen molar-refractivity contribution in [3.05, 3.63) is 29.3 Å². The highest BCUT2D eigenvalue weighted by atomic mass is 15.2. The third-order valence-corrected chi connectivity index (χ3v) is 4.13. The van der Waals surface area contributed by atoms with Gasteiger partial charge in [-0.2, -0.15) is 0 Å². The molecule has 112 valence electrons. The molecule has 0 amide bonds. The van der Waals surface area contributed by atoms with Crippen LogP contribution >= 0.6 is 0 Å². The fourth-order valence-electron chi connectivity index (χ4n) is 2.56. The summed E-state index contributed by atoms with van der Waals surface area (Å²) < 4.78 is 0. The van der Waals surface area contributed by atoms with E-state index in [9.17, 15) is 0 Å². The molecule has 0 radical (unpaired) electrons. The first-order valence-corrected chi connectivity index (χ1v) is 8.07. The van der Waals surface area contributed by atoms with E-state index in [4.69, 9.17) is 0 Å². The number of nitrogens with zero attached hydrogens (tertiary/aromatic N) is 1. The van der Waals surface area contributed by atoms with Gasteiger partial charge in [-0.3, -0.25) is 0 Å². The highest BCUT2D eigenvalue weighted by molar-refractivity contribution is 5.51. The second kappa shape index (κ2) is 6.62. The van der Waals surface area contributed by atoms with Crippen molar-refractivity contribution >= 4 is 5.69 Å². The third-order valence-electron chi connectivity index (χ3n) is 4.13. The predicted molar refractivity (Wildman–Crippen MR) is 88.4 cm³/mol. The highest BCUT2D eigenvalue weighted by Crippen LogP contribution is 2.32. The SMILES string of the molecule is Cc1cc(N(CC2CC2)C(C)C)ccc1CNC(C)C. The second-order valence-electron chi connectivity index (χ2n) is 6.84. The lowest BCUT2D eigenvalue weighted by atomic mass is 10.1. The first-order chi connectivity index (χ1) is 9.47. The predicted octanol–water partition coefficient (Wildman–Crippen LogP) is 4.12. The normalized spacial score (nSPS) is 15.2. The van der Waals surface area contributed by atoms with Crippen molar-refractivity contribution in [3.63, 3.8) is 0 Å². The number of anilines is 1. The fourth-order valence-corrected chi connectivity index (χ4v) is 2.56. The molecule has 0 heterocycles. The van der Waals surface area contributed by atoms with Crippen molar-refractivity contribution in [2.45, 2.75) is 66.1 Å². The first-order valence-electron chi connectivity index (χ1n) is 8.07. The van der Waals surface area contributed by atoms with E-state index in [1.54, 1.807) is 0 Å². The summed E-state index contributed by atoms with van der Waals surface area (Å²) in [5.41, 5.74) is 4.20. The van der Waals surface area contributed by atoms with Crippen LogP contribution in [0.3, 0.4) is 0 Å². The largest absolute Gasteiger partial charge is 0.369 e. The van der Waals surface area contributed by atoms with Crippen molar-refractivity contribution in [1.82, 2.24) is 5.32 Å². The molecule has 0 aliphatic heterocycles. The molecule has 1 aliphatic carbocycles. The van der Waals surface area contributed by atoms with Gasteiger partial charge in [0.15, 0.2) is 0 Å². The molecular weight excluding hydrogens is 244 g/mol. The minimum Gasteiger partial charge on any atom is -0.369 e. The summed E-state index contributed by atoms with van der Waals surface area (Å²) in [6.07, 6.45) is 2.83. The Bertz CT molecular complexity index is 433. The van der Waals surface area contributed by atoms with Gasteiger partial charge >= 0.3 is 0 Å². The zero-order valence-electron chi connectivity index (χ0n) is 13.7. The van der Waals surface area contributed by atoms with Crippen LogP contribution in [0.5, 0.6) is 0 Å². The molecule has 1 N–H and O–H groups in total. The van der Waals surface area contributed by atoms with E-state index in [1.165, 1.54) is 36.2 Å². The van der Waals surface area contributed by atoms with Crippen LogP contribution in [0.1, 0.15) is 51.7 Å². The topological polar surface area (TPSA) is 15.3 Å². The monoisotopic (exact) mass is 274 g/mol. The summed E-state index contributed by atoms with van der Waals surface area (Å²) in [6.45, 7) is 13.4. The van der Waals surface area contributed by atoms with Crippen LogP contribution in [-0.2, 0) is 6.54 Å². The zero-order valence-corrected chi connectivity index (χ0v) is 13.7. The quantitative estimate of drug-likeness (QED) is 0.804. The van der Waals surface area contributed by atoms with E-state index in [0.717, 1.165) is 12.5 Å². The summed E-state index contributed by atoms with van der Waals surface area (Å²) in [7, 11) is 0. The van der Waals surface area contributed by atoms with Gasteiger partial charge in [-0.05, 0) is 62.8 Å².